The van der Waals surface area contributed by atoms with Crippen molar-refractivity contribution in [2.75, 3.05) is 13.6 Å². The first-order chi connectivity index (χ1) is 12.1. The molecular formula is C21H24N2O2. The zero-order valence-corrected chi connectivity index (χ0v) is 14.7. The zero-order valence-electron chi connectivity index (χ0n) is 14.7. The van der Waals surface area contributed by atoms with Crippen LogP contribution in [0, 0.1) is 0 Å². The second kappa shape index (κ2) is 7.51. The lowest BCUT2D eigenvalue weighted by atomic mass is 9.83. The summed E-state index contributed by atoms with van der Waals surface area (Å²) in [4.78, 5) is 26.3. The minimum absolute atomic E-state index is 0.0109. The van der Waals surface area contributed by atoms with Gasteiger partial charge < -0.3 is 10.2 Å². The van der Waals surface area contributed by atoms with Crippen molar-refractivity contribution in [3.05, 3.63) is 71.3 Å². The minimum Gasteiger partial charge on any atom is -0.359 e. The first kappa shape index (κ1) is 17.2. The Morgan fingerprint density at radius 2 is 1.76 bits per heavy atom. The van der Waals surface area contributed by atoms with Gasteiger partial charge in [0.2, 0.25) is 11.8 Å². The van der Waals surface area contributed by atoms with Crippen LogP contribution in [0.25, 0.3) is 0 Å². The van der Waals surface area contributed by atoms with Crippen molar-refractivity contribution in [1.82, 2.24) is 10.2 Å². The van der Waals surface area contributed by atoms with Crippen molar-refractivity contribution in [2.45, 2.75) is 31.7 Å². The van der Waals surface area contributed by atoms with E-state index in [9.17, 15) is 9.59 Å². The standard InChI is InChI=1S/C21H24N2O2/c1-15-21(17-9-4-3-5-10-17)18-11-7-6-8-16(18)12-13-23(15)20(25)14-19(24)22-2/h3-11,15,21H,12-14H2,1-2H3,(H,22,24)/t15-,21-/m0/s1. The van der Waals surface area contributed by atoms with Gasteiger partial charge in [0.05, 0.1) is 0 Å². The van der Waals surface area contributed by atoms with Gasteiger partial charge in [0.15, 0.2) is 0 Å². The van der Waals surface area contributed by atoms with E-state index in [1.165, 1.54) is 16.7 Å². The normalized spacial score (nSPS) is 19.7. The quantitative estimate of drug-likeness (QED) is 0.876. The van der Waals surface area contributed by atoms with Gasteiger partial charge >= 0.3 is 0 Å². The van der Waals surface area contributed by atoms with Crippen LogP contribution in [0.15, 0.2) is 54.6 Å². The molecule has 0 bridgehead atoms. The fourth-order valence-electron chi connectivity index (χ4n) is 3.75. The van der Waals surface area contributed by atoms with Gasteiger partial charge in [0, 0.05) is 25.6 Å². The molecule has 0 unspecified atom stereocenters. The Hall–Kier alpha value is -2.62. The third-order valence-corrected chi connectivity index (χ3v) is 5.06. The van der Waals surface area contributed by atoms with Crippen LogP contribution in [-0.4, -0.2) is 36.3 Å². The fraction of sp³-hybridized carbons (Fsp3) is 0.333. The van der Waals surface area contributed by atoms with Crippen molar-refractivity contribution in [1.29, 1.82) is 0 Å². The van der Waals surface area contributed by atoms with Gasteiger partial charge in [-0.05, 0) is 30.0 Å². The van der Waals surface area contributed by atoms with Gasteiger partial charge in [0.1, 0.15) is 6.42 Å². The van der Waals surface area contributed by atoms with Crippen molar-refractivity contribution in [2.24, 2.45) is 0 Å². The van der Waals surface area contributed by atoms with Crippen LogP contribution in [0.5, 0.6) is 0 Å². The van der Waals surface area contributed by atoms with E-state index >= 15 is 0 Å². The molecule has 2 amide bonds. The molecule has 2 aromatic rings. The lowest BCUT2D eigenvalue weighted by Gasteiger charge is -2.33. The van der Waals surface area contributed by atoms with E-state index in [0.29, 0.717) is 6.54 Å². The highest BCUT2D eigenvalue weighted by Gasteiger charge is 2.33. The van der Waals surface area contributed by atoms with Crippen molar-refractivity contribution < 1.29 is 9.59 Å². The van der Waals surface area contributed by atoms with Crippen LogP contribution < -0.4 is 5.32 Å². The van der Waals surface area contributed by atoms with Gasteiger partial charge in [-0.15, -0.1) is 0 Å². The number of hydrogen-bond acceptors (Lipinski definition) is 2. The van der Waals surface area contributed by atoms with E-state index in [-0.39, 0.29) is 30.2 Å². The molecule has 0 fully saturated rings. The average molecular weight is 336 g/mol. The third kappa shape index (κ3) is 3.58. The molecule has 2 aromatic carbocycles. The van der Waals surface area contributed by atoms with Crippen LogP contribution in [-0.2, 0) is 16.0 Å². The lowest BCUT2D eigenvalue weighted by molar-refractivity contribution is -0.137. The van der Waals surface area contributed by atoms with Crippen molar-refractivity contribution >= 4 is 11.8 Å². The largest absolute Gasteiger partial charge is 0.359 e. The molecule has 1 aliphatic rings. The summed E-state index contributed by atoms with van der Waals surface area (Å²) in [5, 5.41) is 2.54. The second-order valence-electron chi connectivity index (χ2n) is 6.51. The van der Waals surface area contributed by atoms with Gasteiger partial charge in [-0.2, -0.15) is 0 Å². The molecule has 0 saturated heterocycles. The van der Waals surface area contributed by atoms with E-state index in [4.69, 9.17) is 0 Å². The average Bonchev–Trinajstić information content (AvgIpc) is 2.78. The van der Waals surface area contributed by atoms with E-state index in [1.54, 1.807) is 7.05 Å². The Morgan fingerprint density at radius 1 is 1.08 bits per heavy atom. The Balaban J connectivity index is 1.99. The number of nitrogens with zero attached hydrogens (tertiary/aromatic N) is 1. The molecule has 1 N–H and O–H groups in total. The molecule has 1 aliphatic heterocycles. The van der Waals surface area contributed by atoms with E-state index < -0.39 is 0 Å². The summed E-state index contributed by atoms with van der Waals surface area (Å²) in [6, 6.07) is 18.7. The summed E-state index contributed by atoms with van der Waals surface area (Å²) in [5.41, 5.74) is 3.75. The maximum atomic E-state index is 12.7. The molecule has 4 nitrogen and oxygen atoms in total. The Kier molecular flexibility index (Phi) is 5.17. The number of hydrogen-bond donors (Lipinski definition) is 1. The number of carbonyl (C=O) groups is 2. The molecule has 1 heterocycles. The van der Waals surface area contributed by atoms with Crippen molar-refractivity contribution in [3.8, 4) is 0 Å². The van der Waals surface area contributed by atoms with Crippen LogP contribution >= 0.6 is 0 Å². The molecule has 3 rings (SSSR count). The van der Waals surface area contributed by atoms with E-state index in [2.05, 4.69) is 42.6 Å². The number of rotatable bonds is 3. The number of benzene rings is 2. The van der Waals surface area contributed by atoms with Crippen LogP contribution in [0.3, 0.4) is 0 Å². The van der Waals surface area contributed by atoms with Crippen molar-refractivity contribution in [3.63, 3.8) is 0 Å². The summed E-state index contributed by atoms with van der Waals surface area (Å²) < 4.78 is 0. The third-order valence-electron chi connectivity index (χ3n) is 5.06. The molecule has 130 valence electrons. The molecule has 25 heavy (non-hydrogen) atoms. The van der Waals surface area contributed by atoms with E-state index in [0.717, 1.165) is 6.42 Å². The molecule has 0 aromatic heterocycles. The van der Waals surface area contributed by atoms with Gasteiger partial charge in [-0.25, -0.2) is 0 Å². The molecular weight excluding hydrogens is 312 g/mol. The summed E-state index contributed by atoms with van der Waals surface area (Å²) in [6.07, 6.45) is 0.710. The van der Waals surface area contributed by atoms with Gasteiger partial charge in [-0.1, -0.05) is 54.6 Å². The smallest absolute Gasteiger partial charge is 0.232 e. The maximum absolute atomic E-state index is 12.7. The second-order valence-corrected chi connectivity index (χ2v) is 6.51. The Labute approximate surface area is 148 Å². The van der Waals surface area contributed by atoms with Crippen LogP contribution in [0.4, 0.5) is 0 Å². The molecule has 0 saturated carbocycles. The zero-order chi connectivity index (χ0) is 17.8. The summed E-state index contributed by atoms with van der Waals surface area (Å²) >= 11 is 0. The molecule has 0 radical (unpaired) electrons. The topological polar surface area (TPSA) is 49.4 Å². The molecule has 4 heteroatoms. The van der Waals surface area contributed by atoms with Crippen LogP contribution in [0.2, 0.25) is 0 Å². The summed E-state index contributed by atoms with van der Waals surface area (Å²) in [6.45, 7) is 2.72. The van der Waals surface area contributed by atoms with Gasteiger partial charge in [0.25, 0.3) is 0 Å². The lowest BCUT2D eigenvalue weighted by Crippen LogP contribution is -2.43. The Morgan fingerprint density at radius 3 is 2.48 bits per heavy atom. The number of nitrogens with one attached hydrogen (secondary N) is 1. The molecule has 2 atom stereocenters. The number of amides is 2. The molecule has 0 spiro atoms. The summed E-state index contributed by atoms with van der Waals surface area (Å²) in [7, 11) is 1.56. The highest BCUT2D eigenvalue weighted by atomic mass is 16.2. The number of fused-ring (bicyclic) bond motifs is 1. The monoisotopic (exact) mass is 336 g/mol. The fourth-order valence-corrected chi connectivity index (χ4v) is 3.75. The van der Waals surface area contributed by atoms with E-state index in [1.807, 2.05) is 29.2 Å². The first-order valence-electron chi connectivity index (χ1n) is 8.74. The molecule has 0 aliphatic carbocycles. The predicted octanol–water partition coefficient (Wildman–Crippen LogP) is 2.73. The van der Waals surface area contributed by atoms with Crippen LogP contribution in [0.1, 0.15) is 36.0 Å². The highest BCUT2D eigenvalue weighted by molar-refractivity contribution is 5.97. The SMILES string of the molecule is CNC(=O)CC(=O)N1CCc2ccccc2[C@H](c2ccccc2)[C@@H]1C. The predicted molar refractivity (Wildman–Crippen MR) is 98.3 cm³/mol. The first-order valence-corrected chi connectivity index (χ1v) is 8.74. The Bertz CT molecular complexity index is 758. The van der Waals surface area contributed by atoms with Gasteiger partial charge in [-0.3, -0.25) is 9.59 Å². The maximum Gasteiger partial charge on any atom is 0.232 e. The summed E-state index contributed by atoms with van der Waals surface area (Å²) in [5.74, 6) is -0.246. The minimum atomic E-state index is -0.241. The highest BCUT2D eigenvalue weighted by Crippen LogP contribution is 2.35. The number of carbonyl (C=O) groups excluding carboxylic acids is 2.